The maximum absolute atomic E-state index is 13.2. The molecule has 0 spiro atoms. The third-order valence-corrected chi connectivity index (χ3v) is 8.67. The molecule has 1 aromatic carbocycles. The predicted octanol–water partition coefficient (Wildman–Crippen LogP) is 3.99. The standard InChI is InChI=1S/C17H15F3N2O2S/c1-16-11-4-3-10(7-11)14(16)9-22(25(16,23)24)12-5-6-15(21-2)13(8-12)17(18,19)20/h3-6,8,10-11,14H,7,9H2,1H3/t10-,11+,14+,16-/m0/s1. The van der Waals surface area contributed by atoms with Crippen LogP contribution in [0, 0.1) is 24.3 Å². The van der Waals surface area contributed by atoms with Crippen LogP contribution in [-0.4, -0.2) is 19.7 Å². The number of allylic oxidation sites excluding steroid dienone is 2. The Bertz CT molecular complexity index is 932. The summed E-state index contributed by atoms with van der Waals surface area (Å²) in [7, 11) is -3.79. The van der Waals surface area contributed by atoms with Crippen LogP contribution in [0.2, 0.25) is 0 Å². The SMILES string of the molecule is [C-]#[N+]c1ccc(N2C[C@@H]3[C@H]4C=C[C@H](C4)[C@]3(C)S2(=O)=O)cc1C(F)(F)F. The second-order valence-corrected chi connectivity index (χ2v) is 9.30. The summed E-state index contributed by atoms with van der Waals surface area (Å²) in [5.41, 5.74) is -1.64. The van der Waals surface area contributed by atoms with Crippen molar-refractivity contribution in [1.82, 2.24) is 0 Å². The summed E-state index contributed by atoms with van der Waals surface area (Å²) in [6.07, 6.45) is 0.0309. The molecule has 4 nitrogen and oxygen atoms in total. The maximum atomic E-state index is 13.2. The van der Waals surface area contributed by atoms with Gasteiger partial charge in [-0.15, -0.1) is 0 Å². The average Bonchev–Trinajstić information content (AvgIpc) is 3.17. The summed E-state index contributed by atoms with van der Waals surface area (Å²) >= 11 is 0. The lowest BCUT2D eigenvalue weighted by Crippen LogP contribution is -2.43. The summed E-state index contributed by atoms with van der Waals surface area (Å²) in [6, 6.07) is 3.12. The Labute approximate surface area is 143 Å². The van der Waals surface area contributed by atoms with Gasteiger partial charge in [-0.25, -0.2) is 13.3 Å². The third-order valence-electron chi connectivity index (χ3n) is 6.01. The molecule has 0 N–H and O–H groups in total. The van der Waals surface area contributed by atoms with Crippen LogP contribution in [0.1, 0.15) is 18.9 Å². The lowest BCUT2D eigenvalue weighted by Gasteiger charge is -2.30. The predicted molar refractivity (Wildman–Crippen MR) is 86.6 cm³/mol. The van der Waals surface area contributed by atoms with Gasteiger partial charge in [0.1, 0.15) is 0 Å². The first-order valence-corrected chi connectivity index (χ1v) is 9.34. The van der Waals surface area contributed by atoms with Gasteiger partial charge in [-0.3, -0.25) is 4.31 Å². The van der Waals surface area contributed by atoms with Crippen molar-refractivity contribution < 1.29 is 21.6 Å². The number of fused-ring (bicyclic) bond motifs is 5. The summed E-state index contributed by atoms with van der Waals surface area (Å²) in [5.74, 6) is -0.0659. The van der Waals surface area contributed by atoms with Crippen LogP contribution < -0.4 is 4.31 Å². The van der Waals surface area contributed by atoms with Crippen LogP contribution in [0.4, 0.5) is 24.5 Å². The van der Waals surface area contributed by atoms with Gasteiger partial charge in [0.05, 0.1) is 16.9 Å². The van der Waals surface area contributed by atoms with E-state index in [4.69, 9.17) is 6.57 Å². The van der Waals surface area contributed by atoms with E-state index in [9.17, 15) is 21.6 Å². The highest BCUT2D eigenvalue weighted by molar-refractivity contribution is 7.94. The number of alkyl halides is 3. The van der Waals surface area contributed by atoms with E-state index < -0.39 is 32.2 Å². The lowest BCUT2D eigenvalue weighted by atomic mass is 9.83. The van der Waals surface area contributed by atoms with Crippen LogP contribution in [0.5, 0.6) is 0 Å². The lowest BCUT2D eigenvalue weighted by molar-refractivity contribution is -0.136. The van der Waals surface area contributed by atoms with Crippen molar-refractivity contribution in [3.05, 3.63) is 47.3 Å². The van der Waals surface area contributed by atoms with Crippen LogP contribution in [0.15, 0.2) is 30.4 Å². The van der Waals surface area contributed by atoms with Gasteiger partial charge in [0, 0.05) is 18.2 Å². The Morgan fingerprint density at radius 2 is 2.04 bits per heavy atom. The Morgan fingerprint density at radius 3 is 2.64 bits per heavy atom. The van der Waals surface area contributed by atoms with Gasteiger partial charge in [-0.05, 0) is 37.3 Å². The van der Waals surface area contributed by atoms with E-state index in [1.165, 1.54) is 6.07 Å². The fourth-order valence-electron chi connectivity index (χ4n) is 4.61. The molecule has 3 aliphatic rings. The molecule has 0 amide bonds. The second kappa shape index (κ2) is 4.79. The Morgan fingerprint density at radius 1 is 1.32 bits per heavy atom. The molecule has 2 aliphatic carbocycles. The summed E-state index contributed by atoms with van der Waals surface area (Å²) in [6.45, 7) is 8.79. The number of rotatable bonds is 1. The Balaban J connectivity index is 1.82. The zero-order valence-electron chi connectivity index (χ0n) is 13.3. The second-order valence-electron chi connectivity index (χ2n) is 7.03. The highest BCUT2D eigenvalue weighted by Gasteiger charge is 2.66. The molecule has 0 aromatic heterocycles. The van der Waals surface area contributed by atoms with E-state index in [-0.39, 0.29) is 30.0 Å². The highest BCUT2D eigenvalue weighted by Crippen LogP contribution is 2.59. The minimum Gasteiger partial charge on any atom is -0.270 e. The molecule has 4 rings (SSSR count). The molecule has 0 radical (unpaired) electrons. The van der Waals surface area contributed by atoms with E-state index in [2.05, 4.69) is 4.85 Å². The van der Waals surface area contributed by atoms with Gasteiger partial charge in [-0.2, -0.15) is 13.2 Å². The summed E-state index contributed by atoms with van der Waals surface area (Å²) in [5, 5.41) is 0. The molecule has 1 aromatic rings. The third kappa shape index (κ3) is 1.96. The highest BCUT2D eigenvalue weighted by atomic mass is 32.2. The molecule has 0 unspecified atom stereocenters. The molecule has 2 bridgehead atoms. The minimum absolute atomic E-state index is 0.0187. The summed E-state index contributed by atoms with van der Waals surface area (Å²) < 4.78 is 66.1. The van der Waals surface area contributed by atoms with Crippen molar-refractivity contribution in [2.45, 2.75) is 24.3 Å². The quantitative estimate of drug-likeness (QED) is 0.556. The van der Waals surface area contributed by atoms with Crippen molar-refractivity contribution in [1.29, 1.82) is 0 Å². The smallest absolute Gasteiger partial charge is 0.270 e. The molecular weight excluding hydrogens is 353 g/mol. The molecule has 1 aliphatic heterocycles. The fourth-order valence-corrected chi connectivity index (χ4v) is 7.02. The van der Waals surface area contributed by atoms with Gasteiger partial charge in [-0.1, -0.05) is 18.2 Å². The first kappa shape index (κ1) is 16.5. The van der Waals surface area contributed by atoms with Crippen molar-refractivity contribution in [3.8, 4) is 0 Å². The minimum atomic E-state index is -4.71. The van der Waals surface area contributed by atoms with E-state index in [0.29, 0.717) is 0 Å². The van der Waals surface area contributed by atoms with E-state index in [1.54, 1.807) is 6.92 Å². The number of hydrogen-bond donors (Lipinski definition) is 0. The van der Waals surface area contributed by atoms with E-state index >= 15 is 0 Å². The molecular formula is C17H15F3N2O2S. The van der Waals surface area contributed by atoms with Crippen LogP contribution in [0.3, 0.4) is 0 Å². The topological polar surface area (TPSA) is 41.7 Å². The van der Waals surface area contributed by atoms with Crippen molar-refractivity contribution >= 4 is 21.4 Å². The van der Waals surface area contributed by atoms with Gasteiger partial charge in [0.2, 0.25) is 10.0 Å². The van der Waals surface area contributed by atoms with E-state index in [1.807, 2.05) is 12.2 Å². The first-order chi connectivity index (χ1) is 11.6. The van der Waals surface area contributed by atoms with Crippen molar-refractivity contribution in [2.75, 3.05) is 10.8 Å². The maximum Gasteiger partial charge on any atom is 0.407 e. The zero-order chi connectivity index (χ0) is 18.2. The van der Waals surface area contributed by atoms with Gasteiger partial charge in [0.25, 0.3) is 0 Å². The number of anilines is 1. The molecule has 1 heterocycles. The number of sulfonamides is 1. The monoisotopic (exact) mass is 368 g/mol. The Hall–Kier alpha value is -2.01. The molecule has 4 atom stereocenters. The molecule has 1 saturated carbocycles. The normalized spacial score (nSPS) is 35.0. The molecule has 2 fully saturated rings. The Kier molecular flexibility index (Phi) is 3.15. The number of nitrogens with zero attached hydrogens (tertiary/aromatic N) is 2. The molecule has 8 heteroatoms. The largest absolute Gasteiger partial charge is 0.407 e. The first-order valence-electron chi connectivity index (χ1n) is 7.90. The molecule has 132 valence electrons. The number of halogens is 3. The average molecular weight is 368 g/mol. The summed E-state index contributed by atoms with van der Waals surface area (Å²) in [4.78, 5) is 2.90. The van der Waals surface area contributed by atoms with E-state index in [0.717, 1.165) is 22.9 Å². The van der Waals surface area contributed by atoms with Gasteiger partial charge in [0.15, 0.2) is 5.69 Å². The fraction of sp³-hybridized carbons (Fsp3) is 0.471. The zero-order valence-corrected chi connectivity index (χ0v) is 14.1. The number of benzene rings is 1. The van der Waals surface area contributed by atoms with Crippen LogP contribution in [-0.2, 0) is 16.2 Å². The van der Waals surface area contributed by atoms with Gasteiger partial charge >= 0.3 is 6.18 Å². The van der Waals surface area contributed by atoms with Crippen LogP contribution >= 0.6 is 0 Å². The van der Waals surface area contributed by atoms with Crippen molar-refractivity contribution in [3.63, 3.8) is 0 Å². The van der Waals surface area contributed by atoms with Crippen LogP contribution in [0.25, 0.3) is 4.85 Å². The van der Waals surface area contributed by atoms with Crippen molar-refractivity contribution in [2.24, 2.45) is 17.8 Å². The number of hydrogen-bond acceptors (Lipinski definition) is 2. The molecule has 1 saturated heterocycles. The van der Waals surface area contributed by atoms with Gasteiger partial charge < -0.3 is 0 Å². The molecule has 25 heavy (non-hydrogen) atoms.